The lowest BCUT2D eigenvalue weighted by Gasteiger charge is -2.20. The van der Waals surface area contributed by atoms with E-state index in [1.165, 1.54) is 0 Å². The second-order valence-corrected chi connectivity index (χ2v) is 5.03. The Bertz CT molecular complexity index is 356. The van der Waals surface area contributed by atoms with Crippen molar-refractivity contribution in [2.45, 2.75) is 12.8 Å². The van der Waals surface area contributed by atoms with Gasteiger partial charge >= 0.3 is 0 Å². The van der Waals surface area contributed by atoms with Crippen molar-refractivity contribution in [1.82, 2.24) is 0 Å². The van der Waals surface area contributed by atoms with Gasteiger partial charge in [0.1, 0.15) is 0 Å². The largest absolute Gasteiger partial charge is 0.381 e. The van der Waals surface area contributed by atoms with Gasteiger partial charge in [0.05, 0.1) is 6.61 Å². The number of Topliss-reactive ketones (excluding diaryl/α,β-unsaturated/α-hetero) is 1. The van der Waals surface area contributed by atoms with Gasteiger partial charge in [-0.3, -0.25) is 4.79 Å². The van der Waals surface area contributed by atoms with Crippen LogP contribution in [0.3, 0.4) is 0 Å². The number of hydrogen-bond donors (Lipinski definition) is 0. The first-order chi connectivity index (χ1) is 7.27. The van der Waals surface area contributed by atoms with Crippen LogP contribution in [-0.4, -0.2) is 19.0 Å². The van der Waals surface area contributed by atoms with Crippen molar-refractivity contribution >= 4 is 28.4 Å². The lowest BCUT2D eigenvalue weighted by atomic mass is 9.93. The van der Waals surface area contributed by atoms with Crippen LogP contribution in [0.1, 0.15) is 23.2 Å². The molecule has 1 aromatic carbocycles. The third kappa shape index (κ3) is 2.78. The van der Waals surface area contributed by atoms with Gasteiger partial charge in [-0.15, -0.1) is 0 Å². The molecule has 1 fully saturated rings. The molecule has 0 saturated carbocycles. The number of carbonyl (C=O) groups is 1. The molecule has 1 heterocycles. The minimum Gasteiger partial charge on any atom is -0.381 e. The van der Waals surface area contributed by atoms with Gasteiger partial charge in [0, 0.05) is 21.7 Å². The van der Waals surface area contributed by atoms with Crippen LogP contribution in [0.4, 0.5) is 0 Å². The lowest BCUT2D eigenvalue weighted by Crippen LogP contribution is -2.25. The van der Waals surface area contributed by atoms with Crippen LogP contribution in [0.2, 0.25) is 0 Å². The van der Waals surface area contributed by atoms with Crippen LogP contribution in [-0.2, 0) is 4.74 Å². The Morgan fingerprint density at radius 2 is 2.33 bits per heavy atom. The Morgan fingerprint density at radius 1 is 1.47 bits per heavy atom. The molecule has 1 aliphatic rings. The van der Waals surface area contributed by atoms with E-state index in [-0.39, 0.29) is 11.7 Å². The maximum absolute atomic E-state index is 12.1. The predicted molar refractivity (Wildman–Crippen MR) is 67.0 cm³/mol. The number of ketones is 1. The molecule has 1 unspecified atom stereocenters. The van der Waals surface area contributed by atoms with Gasteiger partial charge in [0.15, 0.2) is 5.78 Å². The maximum Gasteiger partial charge on any atom is 0.168 e. The smallest absolute Gasteiger partial charge is 0.168 e. The first-order valence-electron chi connectivity index (χ1n) is 5.15. The average molecular weight is 316 g/mol. The summed E-state index contributed by atoms with van der Waals surface area (Å²) in [5.74, 6) is 0.296. The molecule has 2 nitrogen and oxygen atoms in total. The molecule has 1 aromatic rings. The molecule has 2 rings (SSSR count). The molecule has 0 spiro atoms. The van der Waals surface area contributed by atoms with E-state index in [1.807, 2.05) is 24.3 Å². The molecule has 0 bridgehead atoms. The lowest BCUT2D eigenvalue weighted by molar-refractivity contribution is 0.0461. The molecule has 0 N–H and O–H groups in total. The highest BCUT2D eigenvalue weighted by molar-refractivity contribution is 14.1. The summed E-state index contributed by atoms with van der Waals surface area (Å²) in [4.78, 5) is 12.1. The van der Waals surface area contributed by atoms with E-state index in [0.717, 1.165) is 28.6 Å². The number of halogens is 1. The van der Waals surface area contributed by atoms with Crippen molar-refractivity contribution in [3.05, 3.63) is 33.4 Å². The molecular weight excluding hydrogens is 303 g/mol. The summed E-state index contributed by atoms with van der Waals surface area (Å²) in [7, 11) is 0. The summed E-state index contributed by atoms with van der Waals surface area (Å²) < 4.78 is 6.44. The summed E-state index contributed by atoms with van der Waals surface area (Å²) in [6.45, 7) is 1.39. The Morgan fingerprint density at radius 3 is 3.00 bits per heavy atom. The Kier molecular flexibility index (Phi) is 3.75. The van der Waals surface area contributed by atoms with E-state index in [9.17, 15) is 4.79 Å². The van der Waals surface area contributed by atoms with Crippen molar-refractivity contribution in [2.24, 2.45) is 5.92 Å². The fraction of sp³-hybridized carbons (Fsp3) is 0.417. The molecule has 3 heteroatoms. The third-order valence-electron chi connectivity index (χ3n) is 2.64. The van der Waals surface area contributed by atoms with Crippen LogP contribution < -0.4 is 0 Å². The third-order valence-corrected chi connectivity index (χ3v) is 3.31. The molecule has 1 saturated heterocycles. The van der Waals surface area contributed by atoms with E-state index in [2.05, 4.69) is 22.6 Å². The van der Waals surface area contributed by atoms with Crippen molar-refractivity contribution in [1.29, 1.82) is 0 Å². The molecule has 0 aromatic heterocycles. The second-order valence-electron chi connectivity index (χ2n) is 3.79. The van der Waals surface area contributed by atoms with E-state index in [0.29, 0.717) is 6.61 Å². The zero-order valence-electron chi connectivity index (χ0n) is 8.41. The minimum atomic E-state index is 0.0666. The molecule has 1 atom stereocenters. The normalized spacial score (nSPS) is 21.3. The topological polar surface area (TPSA) is 26.3 Å². The van der Waals surface area contributed by atoms with Crippen LogP contribution in [0, 0.1) is 9.49 Å². The highest BCUT2D eigenvalue weighted by Crippen LogP contribution is 2.19. The second kappa shape index (κ2) is 5.07. The van der Waals surface area contributed by atoms with Crippen molar-refractivity contribution in [2.75, 3.05) is 13.2 Å². The van der Waals surface area contributed by atoms with Gasteiger partial charge in [0.2, 0.25) is 0 Å². The number of carbonyl (C=O) groups excluding carboxylic acids is 1. The summed E-state index contributed by atoms with van der Waals surface area (Å²) in [6.07, 6.45) is 1.96. The Labute approximate surface area is 103 Å². The van der Waals surface area contributed by atoms with Crippen LogP contribution in [0.15, 0.2) is 24.3 Å². The average Bonchev–Trinajstić information content (AvgIpc) is 2.29. The van der Waals surface area contributed by atoms with Gasteiger partial charge in [-0.05, 0) is 47.6 Å². The summed E-state index contributed by atoms with van der Waals surface area (Å²) >= 11 is 2.23. The minimum absolute atomic E-state index is 0.0666. The van der Waals surface area contributed by atoms with Crippen LogP contribution >= 0.6 is 22.6 Å². The zero-order valence-corrected chi connectivity index (χ0v) is 10.6. The number of benzene rings is 1. The van der Waals surface area contributed by atoms with Gasteiger partial charge in [0.25, 0.3) is 0 Å². The first-order valence-corrected chi connectivity index (χ1v) is 6.23. The molecule has 0 amide bonds. The highest BCUT2D eigenvalue weighted by atomic mass is 127. The molecular formula is C12H13IO2. The fourth-order valence-corrected chi connectivity index (χ4v) is 2.37. The van der Waals surface area contributed by atoms with E-state index in [4.69, 9.17) is 4.74 Å². The molecule has 0 aliphatic carbocycles. The zero-order chi connectivity index (χ0) is 10.7. The predicted octanol–water partition coefficient (Wildman–Crippen LogP) is 2.90. The van der Waals surface area contributed by atoms with E-state index >= 15 is 0 Å². The van der Waals surface area contributed by atoms with Crippen molar-refractivity contribution in [3.8, 4) is 0 Å². The van der Waals surface area contributed by atoms with E-state index in [1.54, 1.807) is 0 Å². The van der Waals surface area contributed by atoms with Crippen molar-refractivity contribution in [3.63, 3.8) is 0 Å². The van der Waals surface area contributed by atoms with Crippen LogP contribution in [0.5, 0.6) is 0 Å². The first kappa shape index (κ1) is 11.1. The monoisotopic (exact) mass is 316 g/mol. The van der Waals surface area contributed by atoms with Crippen LogP contribution in [0.25, 0.3) is 0 Å². The summed E-state index contributed by atoms with van der Waals surface area (Å²) in [5, 5.41) is 0. The Hall–Kier alpha value is -0.420. The quantitative estimate of drug-likeness (QED) is 0.619. The standard InChI is InChI=1S/C12H13IO2/c13-11-5-1-3-9(7-11)12(14)10-4-2-6-15-8-10/h1,3,5,7,10H,2,4,6,8H2. The van der Waals surface area contributed by atoms with Gasteiger partial charge in [-0.25, -0.2) is 0 Å². The van der Waals surface area contributed by atoms with Gasteiger partial charge < -0.3 is 4.74 Å². The van der Waals surface area contributed by atoms with Gasteiger partial charge in [-0.1, -0.05) is 12.1 Å². The maximum atomic E-state index is 12.1. The molecule has 1 aliphatic heterocycles. The number of ether oxygens (including phenoxy) is 1. The van der Waals surface area contributed by atoms with E-state index < -0.39 is 0 Å². The fourth-order valence-electron chi connectivity index (χ4n) is 1.82. The summed E-state index contributed by atoms with van der Waals surface area (Å²) in [5.41, 5.74) is 0.817. The molecule has 80 valence electrons. The Balaban J connectivity index is 2.12. The number of rotatable bonds is 2. The molecule has 15 heavy (non-hydrogen) atoms. The van der Waals surface area contributed by atoms with Crippen molar-refractivity contribution < 1.29 is 9.53 Å². The highest BCUT2D eigenvalue weighted by Gasteiger charge is 2.22. The SMILES string of the molecule is O=C(c1cccc(I)c1)C1CCCOC1. The van der Waals surface area contributed by atoms with Gasteiger partial charge in [-0.2, -0.15) is 0 Å². The molecule has 0 radical (unpaired) electrons. The summed E-state index contributed by atoms with van der Waals surface area (Å²) in [6, 6.07) is 7.75. The number of hydrogen-bond acceptors (Lipinski definition) is 2.